The minimum absolute atomic E-state index is 0.142. The van der Waals surface area contributed by atoms with Crippen molar-refractivity contribution in [2.45, 2.75) is 44.2 Å². The number of ether oxygens (including phenoxy) is 1. The van der Waals surface area contributed by atoms with Gasteiger partial charge in [0.05, 0.1) is 28.2 Å². The molecule has 10 heteroatoms. The fourth-order valence-electron chi connectivity index (χ4n) is 5.68. The highest BCUT2D eigenvalue weighted by molar-refractivity contribution is 7.92. The van der Waals surface area contributed by atoms with Crippen LogP contribution in [0.3, 0.4) is 0 Å². The summed E-state index contributed by atoms with van der Waals surface area (Å²) in [4.78, 5) is 16.3. The predicted molar refractivity (Wildman–Crippen MR) is 189 cm³/mol. The van der Waals surface area contributed by atoms with Crippen LogP contribution in [0.25, 0.3) is 22.2 Å². The van der Waals surface area contributed by atoms with Crippen molar-refractivity contribution < 1.29 is 23.1 Å². The Morgan fingerprint density at radius 3 is 2.29 bits per heavy atom. The maximum absolute atomic E-state index is 14.2. The minimum atomic E-state index is -3.96. The Morgan fingerprint density at radius 2 is 1.58 bits per heavy atom. The summed E-state index contributed by atoms with van der Waals surface area (Å²) in [5, 5.41) is 9.63. The van der Waals surface area contributed by atoms with Gasteiger partial charge in [-0.25, -0.2) is 18.2 Å². The zero-order valence-corrected chi connectivity index (χ0v) is 27.9. The van der Waals surface area contributed by atoms with Gasteiger partial charge in [-0.3, -0.25) is 4.31 Å². The maximum atomic E-state index is 14.2. The van der Waals surface area contributed by atoms with Crippen LogP contribution < -0.4 is 9.04 Å². The average molecular weight is 680 g/mol. The van der Waals surface area contributed by atoms with Crippen LogP contribution in [0.4, 0.5) is 10.5 Å². The number of unbranched alkanes of at least 4 members (excludes halogenated alkanes) is 1. The van der Waals surface area contributed by atoms with E-state index in [9.17, 15) is 13.2 Å². The van der Waals surface area contributed by atoms with Gasteiger partial charge < -0.3 is 14.4 Å². The van der Waals surface area contributed by atoms with Gasteiger partial charge in [0.25, 0.3) is 10.0 Å². The number of nitrogens with zero attached hydrogens (tertiary/aromatic N) is 3. The van der Waals surface area contributed by atoms with E-state index >= 15 is 0 Å². The van der Waals surface area contributed by atoms with Crippen LogP contribution in [0.2, 0.25) is 5.02 Å². The molecule has 5 aromatic carbocycles. The standard InChI is InChI=1S/C38H34ClN3O5S/c1-2-3-13-37-40-34-23-20-31(42(26-27-9-5-4-6-10-27)48(45,46)32-21-18-30(39)19-22-32)24-35(34)41(37)25-28-14-16-29(17-15-28)33-11-7-8-12-36(33)47-38(43)44/h4-12,14-24H,2-3,13,25-26H2,1H3,(H,43,44). The zero-order chi connectivity index (χ0) is 33.7. The summed E-state index contributed by atoms with van der Waals surface area (Å²) < 4.78 is 36.9. The van der Waals surface area contributed by atoms with Gasteiger partial charge in [-0.15, -0.1) is 0 Å². The summed E-state index contributed by atoms with van der Waals surface area (Å²) in [6, 6.07) is 36.2. The molecule has 6 rings (SSSR count). The molecule has 0 saturated heterocycles. The van der Waals surface area contributed by atoms with E-state index in [1.165, 1.54) is 16.4 Å². The first-order valence-electron chi connectivity index (χ1n) is 15.6. The third-order valence-corrected chi connectivity index (χ3v) is 10.2. The molecule has 1 heterocycles. The number of aromatic nitrogens is 2. The number of carbonyl (C=O) groups is 1. The monoisotopic (exact) mass is 679 g/mol. The molecule has 0 aliphatic carbocycles. The highest BCUT2D eigenvalue weighted by Crippen LogP contribution is 2.33. The molecule has 6 aromatic rings. The lowest BCUT2D eigenvalue weighted by Gasteiger charge is -2.25. The van der Waals surface area contributed by atoms with Crippen LogP contribution in [-0.4, -0.2) is 29.2 Å². The minimum Gasteiger partial charge on any atom is -0.449 e. The van der Waals surface area contributed by atoms with Crippen molar-refractivity contribution in [3.63, 3.8) is 0 Å². The topological polar surface area (TPSA) is 102 Å². The lowest BCUT2D eigenvalue weighted by molar-refractivity contribution is 0.144. The van der Waals surface area contributed by atoms with Crippen molar-refractivity contribution in [1.82, 2.24) is 9.55 Å². The molecule has 0 fully saturated rings. The van der Waals surface area contributed by atoms with E-state index in [0.29, 0.717) is 22.8 Å². The fraction of sp³-hybridized carbons (Fsp3) is 0.158. The Bertz CT molecular complexity index is 2150. The first kappa shape index (κ1) is 32.8. The van der Waals surface area contributed by atoms with Crippen molar-refractivity contribution in [1.29, 1.82) is 0 Å². The van der Waals surface area contributed by atoms with Crippen LogP contribution in [0, 0.1) is 0 Å². The summed E-state index contributed by atoms with van der Waals surface area (Å²) in [7, 11) is -3.96. The SMILES string of the molecule is CCCCc1nc2ccc(N(Cc3ccccc3)S(=O)(=O)c3ccc(Cl)cc3)cc2n1Cc1ccc(-c2ccccc2OC(=O)O)cc1. The molecular weight excluding hydrogens is 646 g/mol. The van der Waals surface area contributed by atoms with Crippen molar-refractivity contribution in [2.24, 2.45) is 0 Å². The normalized spacial score (nSPS) is 11.5. The van der Waals surface area contributed by atoms with Gasteiger partial charge in [0.2, 0.25) is 0 Å². The molecule has 0 bridgehead atoms. The Balaban J connectivity index is 1.40. The second kappa shape index (κ2) is 14.3. The van der Waals surface area contributed by atoms with Gasteiger partial charge in [0, 0.05) is 23.6 Å². The van der Waals surface area contributed by atoms with Crippen LogP contribution >= 0.6 is 11.6 Å². The molecule has 8 nitrogen and oxygen atoms in total. The predicted octanol–water partition coefficient (Wildman–Crippen LogP) is 9.20. The van der Waals surface area contributed by atoms with Gasteiger partial charge in [0.15, 0.2) is 0 Å². The maximum Gasteiger partial charge on any atom is 0.511 e. The summed E-state index contributed by atoms with van der Waals surface area (Å²) in [5.41, 5.74) is 5.49. The average Bonchev–Trinajstić information content (AvgIpc) is 3.43. The molecule has 0 amide bonds. The zero-order valence-electron chi connectivity index (χ0n) is 26.3. The Morgan fingerprint density at radius 1 is 0.875 bits per heavy atom. The van der Waals surface area contributed by atoms with Gasteiger partial charge in [0.1, 0.15) is 11.6 Å². The van der Waals surface area contributed by atoms with E-state index in [0.717, 1.165) is 52.8 Å². The highest BCUT2D eigenvalue weighted by atomic mass is 35.5. The Kier molecular flexibility index (Phi) is 9.80. The smallest absolute Gasteiger partial charge is 0.449 e. The van der Waals surface area contributed by atoms with Crippen LogP contribution in [0.5, 0.6) is 5.75 Å². The molecule has 0 saturated carbocycles. The van der Waals surface area contributed by atoms with Crippen LogP contribution in [-0.2, 0) is 29.5 Å². The second-order valence-corrected chi connectivity index (χ2v) is 13.7. The summed E-state index contributed by atoms with van der Waals surface area (Å²) in [5.74, 6) is 1.18. The molecule has 1 N–H and O–H groups in total. The molecule has 0 aliphatic heterocycles. The van der Waals surface area contributed by atoms with Gasteiger partial charge in [-0.2, -0.15) is 0 Å². The molecule has 0 aliphatic rings. The van der Waals surface area contributed by atoms with Crippen molar-refractivity contribution in [3.05, 3.63) is 143 Å². The number of para-hydroxylation sites is 1. The molecule has 0 radical (unpaired) electrons. The van der Waals surface area contributed by atoms with Gasteiger partial charge >= 0.3 is 6.16 Å². The number of hydrogen-bond donors (Lipinski definition) is 1. The molecule has 244 valence electrons. The van der Waals surface area contributed by atoms with E-state index in [4.69, 9.17) is 26.4 Å². The molecule has 0 atom stereocenters. The fourth-order valence-corrected chi connectivity index (χ4v) is 7.25. The number of halogens is 1. The molecule has 48 heavy (non-hydrogen) atoms. The number of imidazole rings is 1. The first-order valence-corrected chi connectivity index (χ1v) is 17.5. The largest absolute Gasteiger partial charge is 0.511 e. The third-order valence-electron chi connectivity index (χ3n) is 8.11. The van der Waals surface area contributed by atoms with Crippen molar-refractivity contribution >= 4 is 44.5 Å². The van der Waals surface area contributed by atoms with Gasteiger partial charge in [-0.1, -0.05) is 97.7 Å². The van der Waals surface area contributed by atoms with Crippen LogP contribution in [0.15, 0.2) is 126 Å². The number of benzene rings is 5. The van der Waals surface area contributed by atoms with E-state index in [2.05, 4.69) is 11.5 Å². The van der Waals surface area contributed by atoms with Crippen molar-refractivity contribution in [2.75, 3.05) is 4.31 Å². The van der Waals surface area contributed by atoms with E-state index in [1.54, 1.807) is 24.3 Å². The summed E-state index contributed by atoms with van der Waals surface area (Å²) in [6.45, 7) is 2.79. The van der Waals surface area contributed by atoms with Crippen molar-refractivity contribution in [3.8, 4) is 16.9 Å². The molecular formula is C38H34ClN3O5S. The summed E-state index contributed by atoms with van der Waals surface area (Å²) in [6.07, 6.45) is 1.37. The first-order chi connectivity index (χ1) is 23.2. The Hall–Kier alpha value is -5.12. The van der Waals surface area contributed by atoms with E-state index < -0.39 is 16.2 Å². The number of aryl methyl sites for hydroxylation is 1. The number of sulfonamides is 1. The van der Waals surface area contributed by atoms with E-state index in [1.807, 2.05) is 84.9 Å². The number of anilines is 1. The number of hydrogen-bond acceptors (Lipinski definition) is 5. The lowest BCUT2D eigenvalue weighted by atomic mass is 10.0. The quantitative estimate of drug-likeness (QED) is 0.102. The number of fused-ring (bicyclic) bond motifs is 1. The number of rotatable bonds is 12. The summed E-state index contributed by atoms with van der Waals surface area (Å²) >= 11 is 6.10. The Labute approximate surface area is 284 Å². The molecule has 1 aromatic heterocycles. The second-order valence-electron chi connectivity index (χ2n) is 11.4. The van der Waals surface area contributed by atoms with Crippen LogP contribution in [0.1, 0.15) is 36.7 Å². The third kappa shape index (κ3) is 7.22. The number of carboxylic acid groups (broad SMARTS) is 1. The lowest BCUT2D eigenvalue weighted by Crippen LogP contribution is -2.30. The van der Waals surface area contributed by atoms with Gasteiger partial charge in [-0.05, 0) is 71.6 Å². The molecule has 0 spiro atoms. The van der Waals surface area contributed by atoms with E-state index in [-0.39, 0.29) is 17.2 Å². The molecule has 0 unspecified atom stereocenters. The highest BCUT2D eigenvalue weighted by Gasteiger charge is 2.26.